The summed E-state index contributed by atoms with van der Waals surface area (Å²) < 4.78 is 11.3. The van der Waals surface area contributed by atoms with E-state index in [-0.39, 0.29) is 11.3 Å². The number of halogens is 2. The smallest absolute Gasteiger partial charge is 0.221 e. The number of ether oxygens (including phenoxy) is 2. The van der Waals surface area contributed by atoms with Crippen LogP contribution in [0.1, 0.15) is 39.2 Å². The van der Waals surface area contributed by atoms with Gasteiger partial charge in [-0.1, -0.05) is 43.1 Å². The van der Waals surface area contributed by atoms with Gasteiger partial charge in [-0.2, -0.15) is 0 Å². The highest BCUT2D eigenvalue weighted by Gasteiger charge is 2.47. The second-order valence-electron chi connectivity index (χ2n) is 9.61. The Balaban J connectivity index is 1.53. The van der Waals surface area contributed by atoms with Gasteiger partial charge in [-0.3, -0.25) is 4.79 Å². The van der Waals surface area contributed by atoms with Crippen LogP contribution in [0.2, 0.25) is 10.0 Å². The molecule has 1 aliphatic rings. The van der Waals surface area contributed by atoms with Crippen LogP contribution >= 0.6 is 23.2 Å². The summed E-state index contributed by atoms with van der Waals surface area (Å²) in [6, 6.07) is 10.9. The fourth-order valence-electron chi connectivity index (χ4n) is 4.52. The van der Waals surface area contributed by atoms with Crippen LogP contribution in [0.3, 0.4) is 0 Å². The fourth-order valence-corrected chi connectivity index (χ4v) is 4.89. The number of carbonyl (C=O) groups is 1. The predicted molar refractivity (Wildman–Crippen MR) is 137 cm³/mol. The molecule has 2 N–H and O–H groups in total. The topological polar surface area (TPSA) is 71.0 Å². The van der Waals surface area contributed by atoms with E-state index in [2.05, 4.69) is 24.1 Å². The maximum Gasteiger partial charge on any atom is 0.221 e. The molecule has 1 fully saturated rings. The molecular weight excluding hydrogens is 475 g/mol. The van der Waals surface area contributed by atoms with Crippen molar-refractivity contribution in [2.75, 3.05) is 38.7 Å². The second kappa shape index (κ2) is 11.2. The number of anilines is 1. The van der Waals surface area contributed by atoms with Gasteiger partial charge in [0.25, 0.3) is 0 Å². The molecule has 0 spiro atoms. The Bertz CT molecular complexity index is 1010. The molecule has 1 atom stereocenters. The summed E-state index contributed by atoms with van der Waals surface area (Å²) >= 11 is 12.2. The molecule has 1 amide bonds. The van der Waals surface area contributed by atoms with E-state index >= 15 is 0 Å². The Morgan fingerprint density at radius 2 is 1.94 bits per heavy atom. The standard InChI is InChI=1S/C26H34Cl2N2O4/c1-18(31)29-22-15-20(27)7-9-23(22)34-13-5-11-30-12-10-26(32,25(2,3)17-30)16-19-6-8-21(28)24(14-19)33-4/h6-9,14-15,32H,5,10-13,16-17H2,1-4H3,(H,29,31). The van der Waals surface area contributed by atoms with Crippen molar-refractivity contribution in [2.45, 2.75) is 45.6 Å². The van der Waals surface area contributed by atoms with E-state index in [9.17, 15) is 9.90 Å². The van der Waals surface area contributed by atoms with Gasteiger partial charge in [-0.15, -0.1) is 0 Å². The monoisotopic (exact) mass is 508 g/mol. The molecule has 8 heteroatoms. The molecule has 0 aliphatic carbocycles. The van der Waals surface area contributed by atoms with Crippen molar-refractivity contribution in [3.8, 4) is 11.5 Å². The summed E-state index contributed by atoms with van der Waals surface area (Å²) in [5.41, 5.74) is 0.461. The summed E-state index contributed by atoms with van der Waals surface area (Å²) in [6.45, 7) is 8.66. The van der Waals surface area contributed by atoms with Crippen LogP contribution in [0.25, 0.3) is 0 Å². The number of aliphatic hydroxyl groups is 1. The van der Waals surface area contributed by atoms with Crippen LogP contribution < -0.4 is 14.8 Å². The van der Waals surface area contributed by atoms with Gasteiger partial charge in [-0.05, 0) is 48.7 Å². The molecule has 2 aromatic rings. The number of benzene rings is 2. The highest BCUT2D eigenvalue weighted by atomic mass is 35.5. The van der Waals surface area contributed by atoms with Gasteiger partial charge in [0.15, 0.2) is 0 Å². The number of hydrogen-bond donors (Lipinski definition) is 2. The maximum atomic E-state index is 11.6. The minimum atomic E-state index is -0.824. The predicted octanol–water partition coefficient (Wildman–Crippen LogP) is 5.44. The molecule has 0 bridgehead atoms. The summed E-state index contributed by atoms with van der Waals surface area (Å²) in [5.74, 6) is 1.05. The number of amides is 1. The first-order valence-electron chi connectivity index (χ1n) is 11.5. The minimum Gasteiger partial charge on any atom is -0.495 e. The van der Waals surface area contributed by atoms with Crippen molar-refractivity contribution in [2.24, 2.45) is 5.41 Å². The van der Waals surface area contributed by atoms with Crippen LogP contribution in [0.15, 0.2) is 36.4 Å². The minimum absolute atomic E-state index is 0.174. The van der Waals surface area contributed by atoms with Gasteiger partial charge in [0, 0.05) is 43.4 Å². The zero-order valence-electron chi connectivity index (χ0n) is 20.3. The molecule has 2 aromatic carbocycles. The van der Waals surface area contributed by atoms with Gasteiger partial charge in [0.1, 0.15) is 11.5 Å². The molecule has 1 aliphatic heterocycles. The average Bonchev–Trinajstić information content (AvgIpc) is 2.76. The average molecular weight is 509 g/mol. The van der Waals surface area contributed by atoms with Crippen molar-refractivity contribution >= 4 is 34.8 Å². The molecule has 3 rings (SSSR count). The van der Waals surface area contributed by atoms with E-state index in [1.807, 2.05) is 18.2 Å². The third kappa shape index (κ3) is 6.57. The van der Waals surface area contributed by atoms with E-state index in [1.165, 1.54) is 6.92 Å². The lowest BCUT2D eigenvalue weighted by atomic mass is 9.67. The third-order valence-corrected chi connectivity index (χ3v) is 7.11. The first-order chi connectivity index (χ1) is 16.0. The Morgan fingerprint density at radius 3 is 2.62 bits per heavy atom. The summed E-state index contributed by atoms with van der Waals surface area (Å²) in [6.07, 6.45) is 2.05. The molecule has 0 radical (unpaired) electrons. The zero-order valence-corrected chi connectivity index (χ0v) is 21.8. The van der Waals surface area contributed by atoms with Gasteiger partial charge in [0.05, 0.1) is 30.0 Å². The van der Waals surface area contributed by atoms with Crippen molar-refractivity contribution in [1.82, 2.24) is 4.90 Å². The lowest BCUT2D eigenvalue weighted by Crippen LogP contribution is -2.58. The van der Waals surface area contributed by atoms with Gasteiger partial charge < -0.3 is 24.8 Å². The molecule has 0 saturated carbocycles. The molecule has 0 aromatic heterocycles. The highest BCUT2D eigenvalue weighted by Crippen LogP contribution is 2.41. The number of carbonyl (C=O) groups excluding carboxylic acids is 1. The van der Waals surface area contributed by atoms with E-state index in [4.69, 9.17) is 32.7 Å². The molecule has 1 saturated heterocycles. The largest absolute Gasteiger partial charge is 0.495 e. The number of rotatable bonds is 9. The highest BCUT2D eigenvalue weighted by molar-refractivity contribution is 6.32. The number of hydrogen-bond acceptors (Lipinski definition) is 5. The van der Waals surface area contributed by atoms with Gasteiger partial charge in [-0.25, -0.2) is 0 Å². The lowest BCUT2D eigenvalue weighted by molar-refractivity contribution is -0.118. The van der Waals surface area contributed by atoms with Crippen molar-refractivity contribution in [3.05, 3.63) is 52.0 Å². The molecule has 1 unspecified atom stereocenters. The van der Waals surface area contributed by atoms with Crippen LogP contribution in [0.5, 0.6) is 11.5 Å². The van der Waals surface area contributed by atoms with Gasteiger partial charge in [0.2, 0.25) is 5.91 Å². The molecular formula is C26H34Cl2N2O4. The van der Waals surface area contributed by atoms with E-state index in [0.717, 1.165) is 31.6 Å². The molecule has 1 heterocycles. The van der Waals surface area contributed by atoms with Crippen LogP contribution in [0, 0.1) is 5.41 Å². The SMILES string of the molecule is COc1cc(CC2(O)CCN(CCCOc3ccc(Cl)cc3NC(C)=O)CC2(C)C)ccc1Cl. The number of nitrogens with zero attached hydrogens (tertiary/aromatic N) is 1. The summed E-state index contributed by atoms with van der Waals surface area (Å²) in [5, 5.41) is 15.4. The van der Waals surface area contributed by atoms with Crippen molar-refractivity contribution in [3.63, 3.8) is 0 Å². The van der Waals surface area contributed by atoms with Crippen LogP contribution in [-0.2, 0) is 11.2 Å². The second-order valence-corrected chi connectivity index (χ2v) is 10.5. The Labute approximate surface area is 212 Å². The molecule has 34 heavy (non-hydrogen) atoms. The summed E-state index contributed by atoms with van der Waals surface area (Å²) in [7, 11) is 1.60. The number of piperidine rings is 1. The first kappa shape index (κ1) is 26.6. The van der Waals surface area contributed by atoms with Crippen molar-refractivity contribution in [1.29, 1.82) is 0 Å². The van der Waals surface area contributed by atoms with Crippen LogP contribution in [0.4, 0.5) is 5.69 Å². The number of likely N-dealkylation sites (tertiary alicyclic amines) is 1. The first-order valence-corrected chi connectivity index (χ1v) is 12.3. The van der Waals surface area contributed by atoms with E-state index in [0.29, 0.717) is 46.7 Å². The fraction of sp³-hybridized carbons (Fsp3) is 0.500. The maximum absolute atomic E-state index is 11.6. The van der Waals surface area contributed by atoms with E-state index < -0.39 is 5.60 Å². The third-order valence-electron chi connectivity index (χ3n) is 6.56. The lowest BCUT2D eigenvalue weighted by Gasteiger charge is -2.50. The Morgan fingerprint density at radius 1 is 1.18 bits per heavy atom. The zero-order chi connectivity index (χ0) is 24.9. The Hall–Kier alpha value is -1.99. The van der Waals surface area contributed by atoms with Gasteiger partial charge >= 0.3 is 0 Å². The Kier molecular flexibility index (Phi) is 8.74. The molecule has 186 valence electrons. The van der Waals surface area contributed by atoms with Crippen molar-refractivity contribution < 1.29 is 19.4 Å². The number of methoxy groups -OCH3 is 1. The van der Waals surface area contributed by atoms with Crippen LogP contribution in [-0.4, -0.2) is 54.9 Å². The number of nitrogens with one attached hydrogen (secondary N) is 1. The summed E-state index contributed by atoms with van der Waals surface area (Å²) in [4.78, 5) is 13.8. The normalized spacial score (nSPS) is 20.1. The quantitative estimate of drug-likeness (QED) is 0.441. The van der Waals surface area contributed by atoms with E-state index in [1.54, 1.807) is 25.3 Å². The molecule has 6 nitrogen and oxygen atoms in total.